The van der Waals surface area contributed by atoms with Crippen LogP contribution in [0.3, 0.4) is 0 Å². The normalized spacial score (nSPS) is 4.22. The Morgan fingerprint density at radius 1 is 1.67 bits per heavy atom. The minimum Gasteiger partial charge on any atom is -0.542 e. The zero-order valence-corrected chi connectivity index (χ0v) is 11.1. The van der Waals surface area contributed by atoms with Crippen LogP contribution in [-0.2, 0) is 63.4 Å². The molecule has 51 valence electrons. The van der Waals surface area contributed by atoms with Crippen molar-refractivity contribution in [1.82, 2.24) is 0 Å². The number of hydrogen-bond donors (Lipinski definition) is 0. The third kappa shape index (κ3) is 102. The molecule has 0 saturated heterocycles. The topological polar surface area (TPSA) is 34.1 Å². The Bertz CT molecular complexity index is 50.2. The van der Waals surface area contributed by atoms with Gasteiger partial charge in [0.25, 0.3) is 0 Å². The van der Waals surface area contributed by atoms with Crippen molar-refractivity contribution in [3.63, 3.8) is 0 Å². The maximum Gasteiger partial charge on any atom is 0.0898 e. The summed E-state index contributed by atoms with van der Waals surface area (Å²) in [4.78, 5) is 17.8. The first-order valence-corrected chi connectivity index (χ1v) is 1.85. The second-order valence-electron chi connectivity index (χ2n) is 0.659. The van der Waals surface area contributed by atoms with E-state index in [2.05, 4.69) is 6.92 Å². The predicted octanol–water partition coefficient (Wildman–Crippen LogP) is 0.520. The van der Waals surface area contributed by atoms with Gasteiger partial charge in [-0.3, -0.25) is 6.29 Å². The van der Waals surface area contributed by atoms with Gasteiger partial charge in [0.1, 0.15) is 0 Å². The van der Waals surface area contributed by atoms with Crippen molar-refractivity contribution >= 4 is 12.6 Å². The third-order valence-electron chi connectivity index (χ3n) is 0.118. The second-order valence-corrected chi connectivity index (χ2v) is 0.659. The summed E-state index contributed by atoms with van der Waals surface area (Å²) in [5, 5.41) is 0. The van der Waals surface area contributed by atoms with Gasteiger partial charge in [-0.05, 0) is 0 Å². The van der Waals surface area contributed by atoms with Crippen molar-refractivity contribution in [1.29, 1.82) is 0 Å². The molecule has 0 aliphatic rings. The zero-order chi connectivity index (χ0) is 6.12. The molecule has 0 aromatic heterocycles. The number of hydrogen-bond acceptors (Lipinski definition) is 2. The summed E-state index contributed by atoms with van der Waals surface area (Å²) in [5.74, 6) is 0. The molecule has 2 nitrogen and oxygen atoms in total. The fourth-order valence-corrected chi connectivity index (χ4v) is 0. The fourth-order valence-electron chi connectivity index (χ4n) is 0. The van der Waals surface area contributed by atoms with Crippen LogP contribution in [0.5, 0.6) is 0 Å². The molecule has 0 fully saturated rings. The molecule has 0 saturated carbocycles. The van der Waals surface area contributed by atoms with E-state index in [4.69, 9.17) is 9.59 Å². The van der Waals surface area contributed by atoms with Gasteiger partial charge in [0.15, 0.2) is 0 Å². The molecule has 1 radical (unpaired) electrons. The fraction of sp³-hybridized carbons (Fsp3) is 0.400. The first-order chi connectivity index (χ1) is 3.33. The SMILES string of the molecule is C[C-]=O.[CH2-]CC=O.[W].[Y]. The van der Waals surface area contributed by atoms with Gasteiger partial charge >= 0.3 is 0 Å². The van der Waals surface area contributed by atoms with Crippen molar-refractivity contribution in [2.75, 3.05) is 0 Å². The number of rotatable bonds is 1. The van der Waals surface area contributed by atoms with Crippen LogP contribution in [0, 0.1) is 6.92 Å². The molecular formula is C5H8O2WY-2. The molecule has 0 amide bonds. The van der Waals surface area contributed by atoms with Crippen molar-refractivity contribution in [2.24, 2.45) is 0 Å². The molecule has 0 spiro atoms. The Morgan fingerprint density at radius 2 is 1.78 bits per heavy atom. The van der Waals surface area contributed by atoms with E-state index < -0.39 is 0 Å². The minimum atomic E-state index is 0. The number of carbonyl (C=O) groups is 1. The molecule has 4 heteroatoms. The standard InChI is InChI=1S/C3H5O.C2H3O.W.Y/c1-2-3-4;1-2-3;;/h3H,1-2H2;1H3;;/q2*-1;;. The molecule has 0 aliphatic carbocycles. The Kier molecular flexibility index (Phi) is 88.3. The van der Waals surface area contributed by atoms with E-state index in [0.29, 0.717) is 6.42 Å². The molecule has 0 aliphatic heterocycles. The zero-order valence-electron chi connectivity index (χ0n) is 5.29. The molecule has 0 N–H and O–H groups in total. The van der Waals surface area contributed by atoms with Gasteiger partial charge in [-0.25, -0.2) is 0 Å². The van der Waals surface area contributed by atoms with Gasteiger partial charge in [-0.1, -0.05) is 0 Å². The van der Waals surface area contributed by atoms with Gasteiger partial charge in [0, 0.05) is 53.8 Å². The maximum atomic E-state index is 9.11. The molecule has 0 bridgehead atoms. The van der Waals surface area contributed by atoms with Crippen LogP contribution < -0.4 is 0 Å². The molecule has 0 rings (SSSR count). The average molecular weight is 373 g/mol. The molecular weight excluding hydrogens is 365 g/mol. The average Bonchev–Trinajstić information content (AvgIpc) is 1.69. The third-order valence-corrected chi connectivity index (χ3v) is 0.118. The number of carbonyl (C=O) groups excluding carboxylic acids is 2. The maximum absolute atomic E-state index is 9.11. The Hall–Kier alpha value is 1.13. The number of aldehydes is 1. The summed E-state index contributed by atoms with van der Waals surface area (Å²) in [6, 6.07) is 0. The van der Waals surface area contributed by atoms with E-state index in [-0.39, 0.29) is 53.8 Å². The summed E-state index contributed by atoms with van der Waals surface area (Å²) in [7, 11) is 0. The Labute approximate surface area is 95.3 Å². The van der Waals surface area contributed by atoms with Crippen LogP contribution >= 0.6 is 0 Å². The van der Waals surface area contributed by atoms with E-state index in [0.717, 1.165) is 6.29 Å². The monoisotopic (exact) mass is 373 g/mol. The van der Waals surface area contributed by atoms with Crippen molar-refractivity contribution in [2.45, 2.75) is 13.3 Å². The second kappa shape index (κ2) is 35.4. The molecule has 0 aromatic carbocycles. The Morgan fingerprint density at radius 3 is 1.78 bits per heavy atom. The first kappa shape index (κ1) is 22.5. The van der Waals surface area contributed by atoms with Gasteiger partial charge in [-0.15, -0.1) is 6.42 Å². The molecule has 0 atom stereocenters. The van der Waals surface area contributed by atoms with E-state index in [1.54, 1.807) is 0 Å². The van der Waals surface area contributed by atoms with Gasteiger partial charge in [-0.2, -0.15) is 6.92 Å². The van der Waals surface area contributed by atoms with E-state index in [1.165, 1.54) is 13.2 Å². The van der Waals surface area contributed by atoms with E-state index in [1.807, 2.05) is 0 Å². The molecule has 0 heterocycles. The smallest absolute Gasteiger partial charge is 0.0898 e. The summed E-state index contributed by atoms with van der Waals surface area (Å²) >= 11 is 0. The van der Waals surface area contributed by atoms with Crippen molar-refractivity contribution in [3.8, 4) is 0 Å². The van der Waals surface area contributed by atoms with Crippen LogP contribution in [0.1, 0.15) is 13.3 Å². The summed E-state index contributed by atoms with van der Waals surface area (Å²) in [5.41, 5.74) is 0. The Balaban J connectivity index is -0.0000000233. The summed E-state index contributed by atoms with van der Waals surface area (Å²) in [6.07, 6.45) is 2.65. The van der Waals surface area contributed by atoms with Crippen LogP contribution in [0.2, 0.25) is 0 Å². The van der Waals surface area contributed by atoms with Crippen molar-refractivity contribution in [3.05, 3.63) is 6.92 Å². The van der Waals surface area contributed by atoms with Gasteiger partial charge in [0.2, 0.25) is 0 Å². The minimum absolute atomic E-state index is 0. The molecule has 0 aromatic rings. The van der Waals surface area contributed by atoms with Crippen LogP contribution in [-0.4, -0.2) is 12.6 Å². The largest absolute Gasteiger partial charge is 0.542 e. The van der Waals surface area contributed by atoms with Crippen LogP contribution in [0.15, 0.2) is 0 Å². The van der Waals surface area contributed by atoms with Crippen LogP contribution in [0.25, 0.3) is 0 Å². The van der Waals surface area contributed by atoms with E-state index >= 15 is 0 Å². The summed E-state index contributed by atoms with van der Waals surface area (Å²) in [6.45, 7) is 4.56. The van der Waals surface area contributed by atoms with Gasteiger partial charge in [0.05, 0.1) is 6.29 Å². The van der Waals surface area contributed by atoms with Gasteiger partial charge < -0.3 is 16.5 Å². The summed E-state index contributed by atoms with van der Waals surface area (Å²) < 4.78 is 0. The first-order valence-electron chi connectivity index (χ1n) is 1.85. The molecule has 0 unspecified atom stereocenters. The van der Waals surface area contributed by atoms with E-state index in [9.17, 15) is 0 Å². The predicted molar refractivity (Wildman–Crippen MR) is 27.4 cm³/mol. The van der Waals surface area contributed by atoms with Crippen LogP contribution in [0.4, 0.5) is 0 Å². The van der Waals surface area contributed by atoms with Crippen molar-refractivity contribution < 1.29 is 63.4 Å². The quantitative estimate of drug-likeness (QED) is 0.497. The molecule has 9 heavy (non-hydrogen) atoms.